The molecular weight excluding hydrogens is 218 g/mol. The van der Waals surface area contributed by atoms with Gasteiger partial charge in [0.15, 0.2) is 0 Å². The van der Waals surface area contributed by atoms with Crippen molar-refractivity contribution in [1.82, 2.24) is 4.98 Å². The van der Waals surface area contributed by atoms with Gasteiger partial charge in [0.25, 0.3) is 0 Å². The normalized spacial score (nSPS) is 13.4. The number of nitriles is 1. The molecule has 0 spiro atoms. The van der Waals surface area contributed by atoms with Gasteiger partial charge in [-0.25, -0.2) is 4.98 Å². The van der Waals surface area contributed by atoms with Crippen molar-refractivity contribution in [2.45, 2.75) is 44.9 Å². The van der Waals surface area contributed by atoms with Gasteiger partial charge in [0.2, 0.25) is 0 Å². The molecule has 1 unspecified atom stereocenters. The molecule has 0 aliphatic rings. The van der Waals surface area contributed by atoms with Crippen molar-refractivity contribution in [3.63, 3.8) is 0 Å². The van der Waals surface area contributed by atoms with Gasteiger partial charge >= 0.3 is 0 Å². The average Bonchev–Trinajstić information content (AvgIpc) is 2.75. The molecule has 1 heterocycles. The standard InChI is InChI=1S/C12H19N3S/c1-4-5-9(6-13)10-7-16-11(15-10)12(2,3)8-14/h7,9H,4-6,13H2,1-3H3. The molecule has 88 valence electrons. The van der Waals surface area contributed by atoms with Crippen LogP contribution in [0, 0.1) is 11.3 Å². The molecule has 0 aliphatic heterocycles. The highest BCUT2D eigenvalue weighted by atomic mass is 32.1. The van der Waals surface area contributed by atoms with Crippen LogP contribution >= 0.6 is 11.3 Å². The van der Waals surface area contributed by atoms with Crippen molar-refractivity contribution in [3.05, 3.63) is 16.1 Å². The predicted octanol–water partition coefficient (Wildman–Crippen LogP) is 2.79. The molecular formula is C12H19N3S. The number of hydrogen-bond donors (Lipinski definition) is 1. The zero-order valence-corrected chi connectivity index (χ0v) is 11.0. The molecule has 1 aromatic heterocycles. The quantitative estimate of drug-likeness (QED) is 0.856. The summed E-state index contributed by atoms with van der Waals surface area (Å²) < 4.78 is 0. The lowest BCUT2D eigenvalue weighted by atomic mass is 9.96. The van der Waals surface area contributed by atoms with Crippen LogP contribution < -0.4 is 5.73 Å². The highest BCUT2D eigenvalue weighted by Gasteiger charge is 2.25. The second-order valence-electron chi connectivity index (χ2n) is 4.54. The summed E-state index contributed by atoms with van der Waals surface area (Å²) in [7, 11) is 0. The Morgan fingerprint density at radius 3 is 2.81 bits per heavy atom. The number of nitrogens with two attached hydrogens (primary N) is 1. The molecule has 1 rings (SSSR count). The van der Waals surface area contributed by atoms with Gasteiger partial charge in [-0.05, 0) is 20.3 Å². The Hall–Kier alpha value is -0.920. The fourth-order valence-corrected chi connectivity index (χ4v) is 2.52. The summed E-state index contributed by atoms with van der Waals surface area (Å²) >= 11 is 1.56. The van der Waals surface area contributed by atoms with Crippen molar-refractivity contribution in [2.75, 3.05) is 6.54 Å². The molecule has 4 heteroatoms. The van der Waals surface area contributed by atoms with Crippen LogP contribution in [0.4, 0.5) is 0 Å². The van der Waals surface area contributed by atoms with Gasteiger partial charge in [0.05, 0.1) is 11.8 Å². The Labute approximate surface area is 101 Å². The minimum Gasteiger partial charge on any atom is -0.330 e. The van der Waals surface area contributed by atoms with E-state index in [4.69, 9.17) is 11.0 Å². The molecule has 0 saturated carbocycles. The van der Waals surface area contributed by atoms with Crippen LogP contribution in [0.2, 0.25) is 0 Å². The van der Waals surface area contributed by atoms with Gasteiger partial charge in [-0.3, -0.25) is 0 Å². The van der Waals surface area contributed by atoms with E-state index in [2.05, 4.69) is 18.0 Å². The van der Waals surface area contributed by atoms with Gasteiger partial charge in [-0.1, -0.05) is 13.3 Å². The van der Waals surface area contributed by atoms with Gasteiger partial charge < -0.3 is 5.73 Å². The number of nitrogens with zero attached hydrogens (tertiary/aromatic N) is 2. The minimum atomic E-state index is -0.492. The van der Waals surface area contributed by atoms with Crippen molar-refractivity contribution >= 4 is 11.3 Å². The maximum Gasteiger partial charge on any atom is 0.113 e. The summed E-state index contributed by atoms with van der Waals surface area (Å²) in [5.74, 6) is 0.337. The highest BCUT2D eigenvalue weighted by Crippen LogP contribution is 2.29. The van der Waals surface area contributed by atoms with Crippen molar-refractivity contribution in [3.8, 4) is 6.07 Å². The monoisotopic (exact) mass is 237 g/mol. The Balaban J connectivity index is 2.90. The molecule has 0 bridgehead atoms. The van der Waals surface area contributed by atoms with E-state index in [1.165, 1.54) is 0 Å². The van der Waals surface area contributed by atoms with Crippen LogP contribution in [-0.2, 0) is 5.41 Å². The molecule has 0 aromatic carbocycles. The lowest BCUT2D eigenvalue weighted by molar-refractivity contribution is 0.600. The maximum absolute atomic E-state index is 9.05. The number of rotatable bonds is 5. The molecule has 16 heavy (non-hydrogen) atoms. The van der Waals surface area contributed by atoms with E-state index in [0.29, 0.717) is 12.5 Å². The van der Waals surface area contributed by atoms with Crippen LogP contribution in [0.25, 0.3) is 0 Å². The predicted molar refractivity (Wildman–Crippen MR) is 67.5 cm³/mol. The molecule has 2 N–H and O–H groups in total. The zero-order chi connectivity index (χ0) is 12.2. The molecule has 0 fully saturated rings. The van der Waals surface area contributed by atoms with Gasteiger partial charge in [0, 0.05) is 17.8 Å². The fraction of sp³-hybridized carbons (Fsp3) is 0.667. The van der Waals surface area contributed by atoms with Gasteiger partial charge in [-0.2, -0.15) is 5.26 Å². The summed E-state index contributed by atoms with van der Waals surface area (Å²) in [5, 5.41) is 12.0. The van der Waals surface area contributed by atoms with E-state index in [-0.39, 0.29) is 0 Å². The van der Waals surface area contributed by atoms with E-state index in [0.717, 1.165) is 23.5 Å². The first-order valence-corrected chi connectivity index (χ1v) is 6.50. The van der Waals surface area contributed by atoms with Crippen LogP contribution in [0.5, 0.6) is 0 Å². The number of hydrogen-bond acceptors (Lipinski definition) is 4. The van der Waals surface area contributed by atoms with E-state index in [1.807, 2.05) is 19.2 Å². The third kappa shape index (κ3) is 2.81. The van der Waals surface area contributed by atoms with E-state index < -0.39 is 5.41 Å². The summed E-state index contributed by atoms with van der Waals surface area (Å²) in [5.41, 5.74) is 6.30. The van der Waals surface area contributed by atoms with Gasteiger partial charge in [-0.15, -0.1) is 11.3 Å². The third-order valence-corrected chi connectivity index (χ3v) is 3.86. The van der Waals surface area contributed by atoms with E-state index in [1.54, 1.807) is 11.3 Å². The van der Waals surface area contributed by atoms with Gasteiger partial charge in [0.1, 0.15) is 10.4 Å². The number of thiazole rings is 1. The Morgan fingerprint density at radius 2 is 2.31 bits per heavy atom. The molecule has 3 nitrogen and oxygen atoms in total. The van der Waals surface area contributed by atoms with E-state index in [9.17, 15) is 0 Å². The average molecular weight is 237 g/mol. The summed E-state index contributed by atoms with van der Waals surface area (Å²) in [6, 6.07) is 2.28. The topological polar surface area (TPSA) is 62.7 Å². The van der Waals surface area contributed by atoms with Crippen molar-refractivity contribution in [2.24, 2.45) is 5.73 Å². The molecule has 0 saturated heterocycles. The molecule has 0 aliphatic carbocycles. The summed E-state index contributed by atoms with van der Waals surface area (Å²) in [6.45, 7) is 6.57. The second-order valence-corrected chi connectivity index (χ2v) is 5.39. The van der Waals surface area contributed by atoms with Crippen LogP contribution in [0.1, 0.15) is 50.2 Å². The van der Waals surface area contributed by atoms with E-state index >= 15 is 0 Å². The fourth-order valence-electron chi connectivity index (χ4n) is 1.54. The first kappa shape index (κ1) is 13.1. The number of aromatic nitrogens is 1. The van der Waals surface area contributed by atoms with Crippen LogP contribution in [-0.4, -0.2) is 11.5 Å². The molecule has 0 amide bonds. The summed E-state index contributed by atoms with van der Waals surface area (Å²) in [6.07, 6.45) is 2.17. The lowest BCUT2D eigenvalue weighted by Gasteiger charge is -2.12. The SMILES string of the molecule is CCCC(CN)c1csc(C(C)(C)C#N)n1. The smallest absolute Gasteiger partial charge is 0.113 e. The Morgan fingerprint density at radius 1 is 1.62 bits per heavy atom. The Bertz CT molecular complexity index is 376. The zero-order valence-electron chi connectivity index (χ0n) is 10.2. The third-order valence-electron chi connectivity index (χ3n) is 2.68. The highest BCUT2D eigenvalue weighted by molar-refractivity contribution is 7.09. The minimum absolute atomic E-state index is 0.337. The van der Waals surface area contributed by atoms with Crippen LogP contribution in [0.3, 0.4) is 0 Å². The van der Waals surface area contributed by atoms with Crippen molar-refractivity contribution in [1.29, 1.82) is 5.26 Å². The molecule has 0 radical (unpaired) electrons. The Kier molecular flexibility index (Phi) is 4.45. The first-order valence-electron chi connectivity index (χ1n) is 5.62. The van der Waals surface area contributed by atoms with Crippen LogP contribution in [0.15, 0.2) is 5.38 Å². The first-order chi connectivity index (χ1) is 7.55. The summed E-state index contributed by atoms with van der Waals surface area (Å²) in [4.78, 5) is 4.56. The molecule has 1 aromatic rings. The lowest BCUT2D eigenvalue weighted by Crippen LogP contribution is -2.16. The largest absolute Gasteiger partial charge is 0.330 e. The second kappa shape index (κ2) is 5.42. The van der Waals surface area contributed by atoms with Crippen molar-refractivity contribution < 1.29 is 0 Å². The maximum atomic E-state index is 9.05. The molecule has 1 atom stereocenters.